The van der Waals surface area contributed by atoms with Crippen LogP contribution in [0.25, 0.3) is 0 Å². The predicted octanol–water partition coefficient (Wildman–Crippen LogP) is 3.37. The molecule has 3 aliphatic heterocycles. The van der Waals surface area contributed by atoms with Crippen molar-refractivity contribution in [1.82, 2.24) is 4.90 Å². The fourth-order valence-electron chi connectivity index (χ4n) is 6.10. The van der Waals surface area contributed by atoms with Gasteiger partial charge in [0.25, 0.3) is 0 Å². The lowest BCUT2D eigenvalue weighted by Gasteiger charge is -2.39. The summed E-state index contributed by atoms with van der Waals surface area (Å²) in [5, 5.41) is 0. The molecule has 0 N–H and O–H groups in total. The molecule has 3 heterocycles. The Hall–Kier alpha value is -2.45. The molecule has 196 valence electrons. The van der Waals surface area contributed by atoms with Crippen molar-refractivity contribution in [3.05, 3.63) is 46.5 Å². The second-order valence-electron chi connectivity index (χ2n) is 10.9. The lowest BCUT2D eigenvalue weighted by Crippen LogP contribution is -2.49. The molecule has 2 fully saturated rings. The maximum Gasteiger partial charge on any atom is 0.152 e. The van der Waals surface area contributed by atoms with E-state index in [-0.39, 0.29) is 17.1 Å². The molecule has 0 aromatic heterocycles. The summed E-state index contributed by atoms with van der Waals surface area (Å²) >= 11 is 0. The number of piperazine rings is 1. The van der Waals surface area contributed by atoms with E-state index < -0.39 is 9.84 Å². The van der Waals surface area contributed by atoms with Crippen LogP contribution in [0, 0.1) is 20.8 Å². The molecule has 0 bridgehead atoms. The van der Waals surface area contributed by atoms with Gasteiger partial charge in [0.15, 0.2) is 9.84 Å². The van der Waals surface area contributed by atoms with Crippen LogP contribution in [0.2, 0.25) is 0 Å². The molecule has 36 heavy (non-hydrogen) atoms. The second kappa shape index (κ2) is 9.45. The first kappa shape index (κ1) is 25.2. The van der Waals surface area contributed by atoms with Gasteiger partial charge in [-0.2, -0.15) is 0 Å². The van der Waals surface area contributed by atoms with Gasteiger partial charge >= 0.3 is 0 Å². The van der Waals surface area contributed by atoms with Crippen LogP contribution >= 0.6 is 0 Å². The van der Waals surface area contributed by atoms with Crippen molar-refractivity contribution in [3.63, 3.8) is 0 Å². The summed E-state index contributed by atoms with van der Waals surface area (Å²) in [6.07, 6.45) is 0.858. The van der Waals surface area contributed by atoms with Crippen LogP contribution in [0.15, 0.2) is 24.3 Å². The number of fused-ring (bicyclic) bond motifs is 1. The van der Waals surface area contributed by atoms with Gasteiger partial charge in [-0.3, -0.25) is 4.90 Å². The topological polar surface area (TPSA) is 62.3 Å². The third kappa shape index (κ3) is 4.77. The first-order valence-electron chi connectivity index (χ1n) is 13.0. The molecule has 2 aromatic rings. The van der Waals surface area contributed by atoms with E-state index in [0.717, 1.165) is 50.6 Å². The highest BCUT2D eigenvalue weighted by molar-refractivity contribution is 7.91. The van der Waals surface area contributed by atoms with Gasteiger partial charge in [-0.25, -0.2) is 8.42 Å². The molecule has 0 radical (unpaired) electrons. The lowest BCUT2D eigenvalue weighted by atomic mass is 9.90. The van der Waals surface area contributed by atoms with E-state index in [1.54, 1.807) is 7.11 Å². The molecule has 2 aromatic carbocycles. The van der Waals surface area contributed by atoms with Gasteiger partial charge in [-0.1, -0.05) is 0 Å². The molecule has 2 saturated heterocycles. The molecular weight excluding hydrogens is 474 g/mol. The van der Waals surface area contributed by atoms with Gasteiger partial charge in [-0.05, 0) is 68.7 Å². The number of anilines is 2. The molecule has 5 rings (SSSR count). The van der Waals surface area contributed by atoms with E-state index in [1.807, 2.05) is 12.1 Å². The smallest absolute Gasteiger partial charge is 0.152 e. The minimum atomic E-state index is -2.88. The van der Waals surface area contributed by atoms with E-state index >= 15 is 0 Å². The molecule has 8 heteroatoms. The quantitative estimate of drug-likeness (QED) is 0.608. The minimum absolute atomic E-state index is 0.250. The fourth-order valence-corrected chi connectivity index (χ4v) is 7.38. The van der Waals surface area contributed by atoms with Gasteiger partial charge in [0.1, 0.15) is 17.1 Å². The summed E-state index contributed by atoms with van der Waals surface area (Å²) in [7, 11) is -1.18. The number of rotatable bonds is 5. The van der Waals surface area contributed by atoms with E-state index in [9.17, 15) is 8.42 Å². The van der Waals surface area contributed by atoms with Crippen LogP contribution in [0.5, 0.6) is 11.5 Å². The average Bonchev–Trinajstić information content (AvgIpc) is 3.22. The molecular formula is C28H39N3O4S. The fraction of sp³-hybridized carbons (Fsp3) is 0.571. The Labute approximate surface area is 215 Å². The summed E-state index contributed by atoms with van der Waals surface area (Å²) in [5.74, 6) is 2.43. The zero-order chi connectivity index (χ0) is 25.7. The molecule has 3 aliphatic rings. The number of hydrogen-bond donors (Lipinski definition) is 0. The number of benzene rings is 2. The Bertz CT molecular complexity index is 1220. The van der Waals surface area contributed by atoms with Crippen molar-refractivity contribution in [2.75, 3.05) is 74.2 Å². The summed E-state index contributed by atoms with van der Waals surface area (Å²) in [6, 6.07) is 8.33. The molecule has 0 amide bonds. The monoisotopic (exact) mass is 513 g/mol. The van der Waals surface area contributed by atoms with Crippen molar-refractivity contribution in [1.29, 1.82) is 0 Å². The van der Waals surface area contributed by atoms with Crippen molar-refractivity contribution in [2.45, 2.75) is 39.7 Å². The number of hydrogen-bond acceptors (Lipinski definition) is 7. The Morgan fingerprint density at radius 2 is 1.50 bits per heavy atom. The van der Waals surface area contributed by atoms with Gasteiger partial charge in [-0.15, -0.1) is 0 Å². The zero-order valence-corrected chi connectivity index (χ0v) is 23.1. The predicted molar refractivity (Wildman–Crippen MR) is 146 cm³/mol. The number of ether oxygens (including phenoxy) is 2. The van der Waals surface area contributed by atoms with E-state index in [0.29, 0.717) is 13.1 Å². The number of methoxy groups -OCH3 is 1. The summed E-state index contributed by atoms with van der Waals surface area (Å²) < 4.78 is 35.7. The summed E-state index contributed by atoms with van der Waals surface area (Å²) in [4.78, 5) is 7.24. The van der Waals surface area contributed by atoms with E-state index in [4.69, 9.17) is 9.47 Å². The van der Waals surface area contributed by atoms with Crippen LogP contribution in [0.4, 0.5) is 11.4 Å². The first-order valence-corrected chi connectivity index (χ1v) is 14.8. The lowest BCUT2D eigenvalue weighted by molar-refractivity contribution is 0.0661. The molecule has 0 aliphatic carbocycles. The average molecular weight is 514 g/mol. The van der Waals surface area contributed by atoms with Crippen LogP contribution < -0.4 is 19.3 Å². The molecule has 0 spiro atoms. The van der Waals surface area contributed by atoms with Gasteiger partial charge in [0.05, 0.1) is 18.6 Å². The van der Waals surface area contributed by atoms with Crippen LogP contribution in [0.1, 0.15) is 29.2 Å². The van der Waals surface area contributed by atoms with E-state index in [1.165, 1.54) is 33.6 Å². The zero-order valence-electron chi connectivity index (χ0n) is 22.3. The molecule has 7 nitrogen and oxygen atoms in total. The largest absolute Gasteiger partial charge is 0.497 e. The first-order chi connectivity index (χ1) is 17.1. The van der Waals surface area contributed by atoms with Crippen LogP contribution in [0.3, 0.4) is 0 Å². The van der Waals surface area contributed by atoms with Gasteiger partial charge in [0, 0.05) is 69.2 Å². The minimum Gasteiger partial charge on any atom is -0.497 e. The molecule has 1 unspecified atom stereocenters. The SMILES string of the molecule is COc1ccc(N2CCN(c3c(C)c(C)c4c(c3C)CC(C)(CN3CCS(=O)(=O)CC3)O4)CC2)cc1. The standard InChI is InChI=1S/C28H39N3O4S/c1-20-21(2)27-25(18-28(4,35-27)19-29-14-16-36(32,33)17-15-29)22(3)26(20)31-12-10-30(11-13-31)23-6-8-24(34-5)9-7-23/h6-9H,10-19H2,1-5H3. The molecule has 1 atom stereocenters. The van der Waals surface area contributed by atoms with Gasteiger partial charge < -0.3 is 19.3 Å². The maximum absolute atomic E-state index is 11.9. The van der Waals surface area contributed by atoms with E-state index in [2.05, 4.69) is 54.5 Å². The van der Waals surface area contributed by atoms with Gasteiger partial charge in [0.2, 0.25) is 0 Å². The van der Waals surface area contributed by atoms with Crippen molar-refractivity contribution < 1.29 is 17.9 Å². The summed E-state index contributed by atoms with van der Waals surface area (Å²) in [5.41, 5.74) is 7.44. The highest BCUT2D eigenvalue weighted by Crippen LogP contribution is 2.46. The third-order valence-corrected chi connectivity index (χ3v) is 9.88. The third-order valence-electron chi connectivity index (χ3n) is 8.27. The molecule has 0 saturated carbocycles. The van der Waals surface area contributed by atoms with Crippen molar-refractivity contribution in [3.8, 4) is 11.5 Å². The van der Waals surface area contributed by atoms with Crippen molar-refractivity contribution in [2.24, 2.45) is 0 Å². The Balaban J connectivity index is 1.31. The normalized spacial score (nSPS) is 23.9. The number of sulfone groups is 1. The number of nitrogens with zero attached hydrogens (tertiary/aromatic N) is 3. The second-order valence-corrected chi connectivity index (χ2v) is 13.2. The maximum atomic E-state index is 11.9. The summed E-state index contributed by atoms with van der Waals surface area (Å²) in [6.45, 7) is 14.7. The Morgan fingerprint density at radius 3 is 2.11 bits per heavy atom. The Kier molecular flexibility index (Phi) is 6.62. The van der Waals surface area contributed by atoms with Crippen molar-refractivity contribution >= 4 is 21.2 Å². The highest BCUT2D eigenvalue weighted by atomic mass is 32.2. The van der Waals surface area contributed by atoms with Crippen LogP contribution in [-0.4, -0.2) is 83.3 Å². The van der Waals surface area contributed by atoms with Crippen LogP contribution in [-0.2, 0) is 16.3 Å². The Morgan fingerprint density at radius 1 is 0.889 bits per heavy atom. The highest BCUT2D eigenvalue weighted by Gasteiger charge is 2.41.